The fraction of sp³-hybridized carbons (Fsp3) is 0.350. The third-order valence-corrected chi connectivity index (χ3v) is 7.37. The minimum Gasteiger partial charge on any atom is -0.283 e. The summed E-state index contributed by atoms with van der Waals surface area (Å²) >= 11 is 1.47. The first kappa shape index (κ1) is 19.9. The van der Waals surface area contributed by atoms with Gasteiger partial charge in [-0.25, -0.2) is 17.7 Å². The van der Waals surface area contributed by atoms with E-state index in [1.807, 2.05) is 36.4 Å². The molecule has 152 valence electrons. The number of aromatic nitrogens is 2. The highest BCUT2D eigenvalue weighted by Gasteiger charge is 2.34. The summed E-state index contributed by atoms with van der Waals surface area (Å²) in [5.41, 5.74) is 1.74. The minimum absolute atomic E-state index is 0.0961. The number of amides is 1. The van der Waals surface area contributed by atoms with Crippen LogP contribution < -0.4 is 4.90 Å². The van der Waals surface area contributed by atoms with E-state index >= 15 is 0 Å². The first-order valence-electron chi connectivity index (χ1n) is 9.43. The van der Waals surface area contributed by atoms with Crippen LogP contribution in [0.2, 0.25) is 0 Å². The van der Waals surface area contributed by atoms with Gasteiger partial charge < -0.3 is 0 Å². The summed E-state index contributed by atoms with van der Waals surface area (Å²) in [6.07, 6.45) is 5.96. The number of pyridine rings is 1. The van der Waals surface area contributed by atoms with E-state index in [2.05, 4.69) is 9.97 Å². The van der Waals surface area contributed by atoms with Gasteiger partial charge in [-0.15, -0.1) is 0 Å². The molecule has 0 aliphatic carbocycles. The first-order chi connectivity index (χ1) is 13.9. The van der Waals surface area contributed by atoms with E-state index in [1.54, 1.807) is 17.3 Å². The maximum absolute atomic E-state index is 13.5. The Bertz CT molecular complexity index is 1080. The van der Waals surface area contributed by atoms with Crippen molar-refractivity contribution in [3.05, 3.63) is 54.4 Å². The maximum atomic E-state index is 13.5. The number of hydrogen-bond donors (Lipinski definition) is 0. The summed E-state index contributed by atoms with van der Waals surface area (Å²) in [4.78, 5) is 24.0. The lowest BCUT2D eigenvalue weighted by Crippen LogP contribution is -2.46. The standard InChI is InChI=1S/C20H22N4O3S2/c1-29(26,27)23-11-5-7-16(14-23)19(25)24(13-15-6-4-10-21-12-15)20-22-17-8-2-3-9-18(17)28-20/h2-4,6,8-10,12,16H,5,7,11,13-14H2,1H3. The van der Waals surface area contributed by atoms with Crippen molar-refractivity contribution in [3.8, 4) is 0 Å². The molecule has 1 fully saturated rings. The van der Waals surface area contributed by atoms with Gasteiger partial charge in [-0.3, -0.25) is 14.7 Å². The van der Waals surface area contributed by atoms with E-state index in [0.29, 0.717) is 31.1 Å². The number of anilines is 1. The average Bonchev–Trinajstić information content (AvgIpc) is 3.16. The predicted octanol–water partition coefficient (Wildman–Crippen LogP) is 2.90. The van der Waals surface area contributed by atoms with Crippen molar-refractivity contribution < 1.29 is 13.2 Å². The lowest BCUT2D eigenvalue weighted by molar-refractivity contribution is -0.123. The Morgan fingerprint density at radius 3 is 2.83 bits per heavy atom. The largest absolute Gasteiger partial charge is 0.283 e. The number of nitrogens with zero attached hydrogens (tertiary/aromatic N) is 4. The molecule has 9 heteroatoms. The second-order valence-electron chi connectivity index (χ2n) is 7.21. The highest BCUT2D eigenvalue weighted by atomic mass is 32.2. The van der Waals surface area contributed by atoms with Crippen molar-refractivity contribution >= 4 is 42.6 Å². The molecule has 0 radical (unpaired) electrons. The summed E-state index contributed by atoms with van der Waals surface area (Å²) in [5.74, 6) is -0.483. The summed E-state index contributed by atoms with van der Waals surface area (Å²) < 4.78 is 26.4. The lowest BCUT2D eigenvalue weighted by Gasteiger charge is -2.33. The molecule has 1 saturated heterocycles. The molecule has 7 nitrogen and oxygen atoms in total. The van der Waals surface area contributed by atoms with Crippen molar-refractivity contribution in [1.29, 1.82) is 0 Å². The number of sulfonamides is 1. The number of para-hydroxylation sites is 1. The number of hydrogen-bond acceptors (Lipinski definition) is 6. The van der Waals surface area contributed by atoms with Crippen LogP contribution in [0.3, 0.4) is 0 Å². The van der Waals surface area contributed by atoms with E-state index in [-0.39, 0.29) is 18.4 Å². The van der Waals surface area contributed by atoms with Crippen molar-refractivity contribution in [2.24, 2.45) is 5.92 Å². The topological polar surface area (TPSA) is 83.5 Å². The summed E-state index contributed by atoms with van der Waals surface area (Å²) in [5, 5.41) is 0.622. The number of carbonyl (C=O) groups is 1. The Morgan fingerprint density at radius 1 is 1.28 bits per heavy atom. The zero-order valence-electron chi connectivity index (χ0n) is 16.1. The van der Waals surface area contributed by atoms with Crippen LogP contribution in [0.5, 0.6) is 0 Å². The van der Waals surface area contributed by atoms with E-state index < -0.39 is 10.0 Å². The molecule has 1 aliphatic rings. The van der Waals surface area contributed by atoms with Crippen LogP contribution in [-0.4, -0.2) is 47.9 Å². The molecule has 0 N–H and O–H groups in total. The molecule has 0 bridgehead atoms. The Labute approximate surface area is 174 Å². The molecule has 4 rings (SSSR count). The van der Waals surface area contributed by atoms with E-state index in [9.17, 15) is 13.2 Å². The number of fused-ring (bicyclic) bond motifs is 1. The SMILES string of the molecule is CS(=O)(=O)N1CCCC(C(=O)N(Cc2cccnc2)c2nc3ccccc3s2)C1. The highest BCUT2D eigenvalue weighted by molar-refractivity contribution is 7.88. The van der Waals surface area contributed by atoms with Gasteiger partial charge in [0, 0.05) is 25.5 Å². The van der Waals surface area contributed by atoms with Gasteiger partial charge in [0.1, 0.15) is 0 Å². The summed E-state index contributed by atoms with van der Waals surface area (Å²) in [7, 11) is -3.32. The fourth-order valence-corrected chi connectivity index (χ4v) is 5.44. The Morgan fingerprint density at radius 2 is 2.10 bits per heavy atom. The van der Waals surface area contributed by atoms with Crippen LogP contribution in [0, 0.1) is 5.92 Å². The molecule has 0 saturated carbocycles. The quantitative estimate of drug-likeness (QED) is 0.622. The zero-order valence-corrected chi connectivity index (χ0v) is 17.7. The highest BCUT2D eigenvalue weighted by Crippen LogP contribution is 2.32. The number of piperidine rings is 1. The molecule has 29 heavy (non-hydrogen) atoms. The first-order valence-corrected chi connectivity index (χ1v) is 12.1. The molecular weight excluding hydrogens is 408 g/mol. The maximum Gasteiger partial charge on any atom is 0.233 e. The van der Waals surface area contributed by atoms with Gasteiger partial charge in [-0.05, 0) is 36.6 Å². The zero-order chi connectivity index (χ0) is 20.4. The Kier molecular flexibility index (Phi) is 5.62. The third-order valence-electron chi connectivity index (χ3n) is 5.05. The molecule has 1 aliphatic heterocycles. The molecular formula is C20H22N4O3S2. The van der Waals surface area contributed by atoms with Gasteiger partial charge in [0.25, 0.3) is 0 Å². The van der Waals surface area contributed by atoms with Gasteiger partial charge in [-0.2, -0.15) is 0 Å². The third kappa shape index (κ3) is 4.47. The minimum atomic E-state index is -3.32. The number of carbonyl (C=O) groups excluding carboxylic acids is 1. The predicted molar refractivity (Wildman–Crippen MR) is 114 cm³/mol. The normalized spacial score (nSPS) is 18.0. The molecule has 2 aromatic heterocycles. The van der Waals surface area contributed by atoms with Crippen molar-refractivity contribution in [2.75, 3.05) is 24.2 Å². The molecule has 1 aromatic carbocycles. The van der Waals surface area contributed by atoms with Crippen LogP contribution in [0.1, 0.15) is 18.4 Å². The number of rotatable bonds is 5. The summed E-state index contributed by atoms with van der Waals surface area (Å²) in [6, 6.07) is 11.5. The monoisotopic (exact) mass is 430 g/mol. The van der Waals surface area contributed by atoms with Crippen LogP contribution >= 0.6 is 11.3 Å². The molecule has 3 heterocycles. The van der Waals surface area contributed by atoms with Crippen LogP contribution in [0.15, 0.2) is 48.8 Å². The molecule has 1 unspecified atom stereocenters. The number of thiazole rings is 1. The second-order valence-corrected chi connectivity index (χ2v) is 10.2. The summed E-state index contributed by atoms with van der Waals surface area (Å²) in [6.45, 7) is 1.03. The van der Waals surface area contributed by atoms with E-state index in [0.717, 1.165) is 15.8 Å². The van der Waals surface area contributed by atoms with E-state index in [1.165, 1.54) is 21.9 Å². The van der Waals surface area contributed by atoms with Crippen molar-refractivity contribution in [1.82, 2.24) is 14.3 Å². The molecule has 3 aromatic rings. The second kappa shape index (κ2) is 8.17. The smallest absolute Gasteiger partial charge is 0.233 e. The van der Waals surface area contributed by atoms with Crippen LogP contribution in [0.25, 0.3) is 10.2 Å². The van der Waals surface area contributed by atoms with Gasteiger partial charge >= 0.3 is 0 Å². The lowest BCUT2D eigenvalue weighted by atomic mass is 9.98. The van der Waals surface area contributed by atoms with Crippen molar-refractivity contribution in [3.63, 3.8) is 0 Å². The average molecular weight is 431 g/mol. The van der Waals surface area contributed by atoms with Gasteiger partial charge in [-0.1, -0.05) is 29.5 Å². The van der Waals surface area contributed by atoms with Gasteiger partial charge in [0.2, 0.25) is 15.9 Å². The Balaban J connectivity index is 1.66. The van der Waals surface area contributed by atoms with Crippen molar-refractivity contribution in [2.45, 2.75) is 19.4 Å². The molecule has 0 spiro atoms. The fourth-order valence-electron chi connectivity index (χ4n) is 3.56. The molecule has 1 atom stereocenters. The Hall–Kier alpha value is -2.36. The van der Waals surface area contributed by atoms with Crippen LogP contribution in [0.4, 0.5) is 5.13 Å². The number of benzene rings is 1. The van der Waals surface area contributed by atoms with Crippen LogP contribution in [-0.2, 0) is 21.4 Å². The van der Waals surface area contributed by atoms with Gasteiger partial charge in [0.05, 0.1) is 28.9 Å². The van der Waals surface area contributed by atoms with Gasteiger partial charge in [0.15, 0.2) is 5.13 Å². The molecule has 1 amide bonds. The van der Waals surface area contributed by atoms with E-state index in [4.69, 9.17) is 0 Å².